The molecular weight excluding hydrogens is 725 g/mol. The van der Waals surface area contributed by atoms with Crippen LogP contribution < -0.4 is 0 Å². The largest absolute Gasteiger partial charge is 0.341 e. The van der Waals surface area contributed by atoms with Crippen molar-refractivity contribution in [2.75, 3.05) is 0 Å². The van der Waals surface area contributed by atoms with Gasteiger partial charge < -0.3 is 9.13 Å². The van der Waals surface area contributed by atoms with Crippen LogP contribution in [0.5, 0.6) is 0 Å². The fourth-order valence-electron chi connectivity index (χ4n) is 9.57. The number of hydrogen-bond donors (Lipinski definition) is 0. The number of fused-ring (bicyclic) bond motifs is 4. The second kappa shape index (κ2) is 14.6. The summed E-state index contributed by atoms with van der Waals surface area (Å²) in [6, 6.07) is 62.4. The Morgan fingerprint density at radius 1 is 0.483 bits per heavy atom. The van der Waals surface area contributed by atoms with E-state index in [1.165, 1.54) is 104 Å². The minimum Gasteiger partial charge on any atom is -0.341 e. The number of para-hydroxylation sites is 3. The summed E-state index contributed by atoms with van der Waals surface area (Å²) in [7, 11) is 0. The van der Waals surface area contributed by atoms with Crippen molar-refractivity contribution in [1.29, 1.82) is 0 Å². The Hall–Kier alpha value is -7.16. The fourth-order valence-corrected chi connectivity index (χ4v) is 9.57. The zero-order chi connectivity index (χ0) is 41.1. The summed E-state index contributed by atoms with van der Waals surface area (Å²) in [5.41, 5.74) is 13.8. The average molecular weight is 773 g/mol. The second-order valence-electron chi connectivity index (χ2n) is 16.9. The first-order valence-corrected chi connectivity index (χ1v) is 21.1. The molecule has 290 valence electrons. The van der Waals surface area contributed by atoms with Gasteiger partial charge in [-0.05, 0) is 109 Å². The van der Waals surface area contributed by atoms with Gasteiger partial charge in [0.25, 0.3) is 0 Å². The highest BCUT2D eigenvalue weighted by Crippen LogP contribution is 2.43. The summed E-state index contributed by atoms with van der Waals surface area (Å²) in [6.45, 7) is 17.7. The van der Waals surface area contributed by atoms with Crippen LogP contribution in [0, 0.1) is 0 Å². The van der Waals surface area contributed by atoms with Crippen molar-refractivity contribution >= 4 is 77.2 Å². The summed E-state index contributed by atoms with van der Waals surface area (Å²) in [6.07, 6.45) is 3.81. The number of hydrogen-bond acceptors (Lipinski definition) is 0. The van der Waals surface area contributed by atoms with E-state index >= 15 is 0 Å². The highest BCUT2D eigenvalue weighted by Gasteiger charge is 2.18. The molecule has 11 aromatic rings. The van der Waals surface area contributed by atoms with Crippen molar-refractivity contribution in [3.05, 3.63) is 200 Å². The lowest BCUT2D eigenvalue weighted by Gasteiger charge is -2.21. The minimum atomic E-state index is 0.103. The van der Waals surface area contributed by atoms with Gasteiger partial charge in [-0.1, -0.05) is 180 Å². The van der Waals surface area contributed by atoms with Crippen LogP contribution in [0.3, 0.4) is 0 Å². The van der Waals surface area contributed by atoms with Gasteiger partial charge in [0.05, 0.1) is 11.0 Å². The van der Waals surface area contributed by atoms with Crippen molar-refractivity contribution in [1.82, 2.24) is 9.13 Å². The maximum Gasteiger partial charge on any atom is 0.0541 e. The second-order valence-corrected chi connectivity index (χ2v) is 16.9. The Labute approximate surface area is 352 Å². The van der Waals surface area contributed by atoms with Gasteiger partial charge in [0.1, 0.15) is 0 Å². The molecule has 0 fully saturated rings. The molecular formula is C58H48N2. The third-order valence-electron chi connectivity index (χ3n) is 12.5. The van der Waals surface area contributed by atoms with E-state index in [9.17, 15) is 0 Å². The summed E-state index contributed by atoms with van der Waals surface area (Å²) in [5.74, 6) is 0. The third-order valence-corrected chi connectivity index (χ3v) is 12.5. The monoisotopic (exact) mass is 772 g/mol. The summed E-state index contributed by atoms with van der Waals surface area (Å²) < 4.78 is 4.65. The minimum absolute atomic E-state index is 0.103. The molecule has 0 atom stereocenters. The maximum atomic E-state index is 3.88. The van der Waals surface area contributed by atoms with Crippen LogP contribution in [-0.4, -0.2) is 9.13 Å². The van der Waals surface area contributed by atoms with E-state index in [0.29, 0.717) is 0 Å². The van der Waals surface area contributed by atoms with Crippen molar-refractivity contribution in [3.8, 4) is 27.9 Å². The number of aromatic nitrogens is 2. The van der Waals surface area contributed by atoms with Crippen LogP contribution in [0.1, 0.15) is 44.5 Å². The van der Waals surface area contributed by atoms with Gasteiger partial charge in [-0.25, -0.2) is 0 Å². The summed E-state index contributed by atoms with van der Waals surface area (Å²) in [4.78, 5) is 0. The molecule has 0 spiro atoms. The van der Waals surface area contributed by atoms with E-state index < -0.39 is 0 Å². The quantitative estimate of drug-likeness (QED) is 0.149. The first-order valence-electron chi connectivity index (χ1n) is 21.1. The predicted molar refractivity (Wildman–Crippen MR) is 262 cm³/mol. The maximum absolute atomic E-state index is 3.88. The van der Waals surface area contributed by atoms with Gasteiger partial charge in [0.2, 0.25) is 0 Å². The van der Waals surface area contributed by atoms with Crippen molar-refractivity contribution in [3.63, 3.8) is 0 Å². The van der Waals surface area contributed by atoms with Crippen molar-refractivity contribution in [2.45, 2.75) is 39.7 Å². The molecule has 0 aliphatic carbocycles. The molecule has 2 heteroatoms. The zero-order valence-corrected chi connectivity index (χ0v) is 34.8. The van der Waals surface area contributed by atoms with Crippen LogP contribution in [0.15, 0.2) is 183 Å². The van der Waals surface area contributed by atoms with Crippen LogP contribution in [0.4, 0.5) is 0 Å². The Bertz CT molecular complexity index is 3360. The first-order chi connectivity index (χ1) is 29.3. The molecule has 60 heavy (non-hydrogen) atoms. The van der Waals surface area contributed by atoms with Gasteiger partial charge in [-0.2, -0.15) is 0 Å². The van der Waals surface area contributed by atoms with E-state index in [4.69, 9.17) is 0 Å². The van der Waals surface area contributed by atoms with Gasteiger partial charge in [-0.3, -0.25) is 0 Å². The molecule has 0 amide bonds. The highest BCUT2D eigenvalue weighted by atomic mass is 15.0. The van der Waals surface area contributed by atoms with Gasteiger partial charge in [0.15, 0.2) is 0 Å². The number of aryl methyl sites for hydroxylation is 1. The number of benzene rings is 9. The molecule has 0 unspecified atom stereocenters. The van der Waals surface area contributed by atoms with Crippen LogP contribution in [0.2, 0.25) is 0 Å². The Morgan fingerprint density at radius 3 is 1.57 bits per heavy atom. The van der Waals surface area contributed by atoms with E-state index in [2.05, 4.69) is 220 Å². The van der Waals surface area contributed by atoms with E-state index in [1.807, 2.05) is 12.2 Å². The molecule has 0 saturated heterocycles. The van der Waals surface area contributed by atoms with Gasteiger partial charge in [0, 0.05) is 45.2 Å². The molecule has 0 N–H and O–H groups in total. The van der Waals surface area contributed by atoms with E-state index in [1.54, 1.807) is 0 Å². The lowest BCUT2D eigenvalue weighted by Crippen LogP contribution is -2.10. The molecule has 0 radical (unpaired) electrons. The SMILES string of the molecule is C=Cc1c(C=C)n(CC)c2ccccc12.CC(C)(C)c1cccc(-c2ccc3ccc4c(-c5ccc(-n6c7ccccc7c7ccccc76)cc5)ccc5ccc2c3c54)c1. The molecule has 11 rings (SSSR count). The lowest BCUT2D eigenvalue weighted by molar-refractivity contribution is 0.590. The lowest BCUT2D eigenvalue weighted by atomic mass is 9.84. The van der Waals surface area contributed by atoms with Crippen LogP contribution >= 0.6 is 0 Å². The van der Waals surface area contributed by atoms with Crippen molar-refractivity contribution < 1.29 is 0 Å². The molecule has 0 aliphatic rings. The van der Waals surface area contributed by atoms with E-state index in [0.717, 1.165) is 12.2 Å². The number of rotatable bonds is 6. The molecule has 0 aliphatic heterocycles. The number of nitrogens with zero attached hydrogens (tertiary/aromatic N) is 2. The first kappa shape index (κ1) is 37.1. The van der Waals surface area contributed by atoms with Gasteiger partial charge in [-0.15, -0.1) is 0 Å². The molecule has 2 heterocycles. The molecule has 2 aromatic heterocycles. The van der Waals surface area contributed by atoms with Crippen LogP contribution in [-0.2, 0) is 12.0 Å². The van der Waals surface area contributed by atoms with Gasteiger partial charge >= 0.3 is 0 Å². The van der Waals surface area contributed by atoms with Crippen molar-refractivity contribution in [2.24, 2.45) is 0 Å². The third kappa shape index (κ3) is 5.94. The molecule has 0 bridgehead atoms. The Kier molecular flexibility index (Phi) is 9.03. The fraction of sp³-hybridized carbons (Fsp3) is 0.103. The molecule has 9 aromatic carbocycles. The summed E-state index contributed by atoms with van der Waals surface area (Å²) >= 11 is 0. The Morgan fingerprint density at radius 2 is 1.02 bits per heavy atom. The Balaban J connectivity index is 0.000000244. The smallest absolute Gasteiger partial charge is 0.0541 e. The zero-order valence-electron chi connectivity index (χ0n) is 34.8. The normalized spacial score (nSPS) is 11.9. The summed E-state index contributed by atoms with van der Waals surface area (Å²) in [5, 5.41) is 11.7. The standard InChI is InChI=1S/C44H33N.C14H15N/c1-44(2,3)32-10-8-9-31(27-32)35-24-18-30-19-25-38-34(23-17-29-20-26-39(35)43(30)42(29)38)28-15-21-33(22-16-28)45-40-13-6-4-11-36(40)37-12-5-7-14-41(37)45;1-4-11-12-9-7-8-10-14(12)15(6-3)13(11)5-2/h4-27H,1-3H3;4-5,7-10H,1-2,6H2,3H3. The topological polar surface area (TPSA) is 9.86 Å². The highest BCUT2D eigenvalue weighted by molar-refractivity contribution is 6.27. The van der Waals surface area contributed by atoms with E-state index in [-0.39, 0.29) is 5.41 Å². The predicted octanol–water partition coefficient (Wildman–Crippen LogP) is 16.3. The average Bonchev–Trinajstić information content (AvgIpc) is 3.80. The molecule has 2 nitrogen and oxygen atoms in total. The molecule has 0 saturated carbocycles. The van der Waals surface area contributed by atoms with Crippen LogP contribution in [0.25, 0.3) is 105 Å².